The van der Waals surface area contributed by atoms with E-state index in [1.54, 1.807) is 13.8 Å². The number of hydrogen-bond donors (Lipinski definition) is 2. The lowest BCUT2D eigenvalue weighted by molar-refractivity contribution is -0.235. The smallest absolute Gasteiger partial charge is 0.309 e. The summed E-state index contributed by atoms with van der Waals surface area (Å²) in [5.41, 5.74) is 1.39. The number of ketones is 1. The van der Waals surface area contributed by atoms with Gasteiger partial charge in [-0.1, -0.05) is 83.8 Å². The number of halogens is 1. The van der Waals surface area contributed by atoms with Crippen LogP contribution >= 0.6 is 11.6 Å². The van der Waals surface area contributed by atoms with Crippen LogP contribution in [0, 0.1) is 56.2 Å². The van der Waals surface area contributed by atoms with Crippen LogP contribution in [0.5, 0.6) is 0 Å². The summed E-state index contributed by atoms with van der Waals surface area (Å²) in [6.07, 6.45) is 7.07. The number of benzene rings is 1. The number of Topliss-reactive ketones (excluding diaryl/α,β-unsaturated/α-hetero) is 1. The first-order valence-corrected chi connectivity index (χ1v) is 22.3. The van der Waals surface area contributed by atoms with Gasteiger partial charge in [0.05, 0.1) is 17.9 Å². The normalized spacial score (nSPS) is 35.5. The average Bonchev–Trinajstić information content (AvgIpc) is 3.42. The van der Waals surface area contributed by atoms with Crippen LogP contribution in [0.25, 0.3) is 0 Å². The molecule has 0 aliphatic heterocycles. The molecule has 2 N–H and O–H groups in total. The largest absolute Gasteiger partial charge is 0.481 e. The number of esters is 1. The van der Waals surface area contributed by atoms with E-state index in [2.05, 4.69) is 78.4 Å². The Kier molecular flexibility index (Phi) is 12.2. The van der Waals surface area contributed by atoms with Crippen LogP contribution in [-0.4, -0.2) is 83.7 Å². The van der Waals surface area contributed by atoms with Crippen LogP contribution in [0.2, 0.25) is 5.02 Å². The molecule has 8 nitrogen and oxygen atoms in total. The molecule has 1 aromatic rings. The highest BCUT2D eigenvalue weighted by Gasteiger charge is 2.71. The fourth-order valence-corrected chi connectivity index (χ4v) is 14.0. The molecule has 0 radical (unpaired) electrons. The van der Waals surface area contributed by atoms with Gasteiger partial charge in [0.1, 0.15) is 6.10 Å². The number of hydrogen-bond acceptors (Lipinski definition) is 7. The molecule has 0 spiro atoms. The SMILES string of the molecule is CC(C)C1=C2[C@H]3CC[C@@H]4[C@@]5(C)CC[C@H](OC(=O)CC(C)(C)C(=O)O)C(C)(C)C5CC[C@@]4(C)[C@]3(C)CCC2(C(O)CN(CCN(C)C)Cc2ccccc2Cl)CC1=O. The van der Waals surface area contributed by atoms with Gasteiger partial charge in [0.15, 0.2) is 5.78 Å². The molecule has 5 aliphatic carbocycles. The number of carbonyl (C=O) groups excluding carboxylic acids is 2. The Morgan fingerprint density at radius 2 is 1.61 bits per heavy atom. The monoisotopic (exact) mass is 809 g/mol. The molecule has 9 atom stereocenters. The summed E-state index contributed by atoms with van der Waals surface area (Å²) in [5, 5.41) is 23.1. The number of allylic oxidation sites excluding steroid dienone is 1. The van der Waals surface area contributed by atoms with Gasteiger partial charge in [-0.3, -0.25) is 19.3 Å². The molecule has 4 saturated carbocycles. The van der Waals surface area contributed by atoms with Crippen LogP contribution in [0.1, 0.15) is 132 Å². The molecule has 3 unspecified atom stereocenters. The molecule has 318 valence electrons. The molecule has 6 rings (SSSR count). The third-order valence-corrected chi connectivity index (χ3v) is 17.5. The highest BCUT2D eigenvalue weighted by molar-refractivity contribution is 6.31. The second-order valence-corrected chi connectivity index (χ2v) is 22.1. The molecule has 0 amide bonds. The minimum atomic E-state index is -1.17. The highest BCUT2D eigenvalue weighted by atomic mass is 35.5. The molecule has 0 heterocycles. The molecule has 0 aromatic heterocycles. The number of rotatable bonds is 13. The fraction of sp³-hybridized carbons (Fsp3) is 0.771. The minimum Gasteiger partial charge on any atom is -0.481 e. The van der Waals surface area contributed by atoms with Gasteiger partial charge < -0.3 is 19.8 Å². The lowest BCUT2D eigenvalue weighted by atomic mass is 9.33. The van der Waals surface area contributed by atoms with Gasteiger partial charge in [0.25, 0.3) is 0 Å². The van der Waals surface area contributed by atoms with Crippen molar-refractivity contribution in [2.75, 3.05) is 33.7 Å². The van der Waals surface area contributed by atoms with Gasteiger partial charge in [-0.15, -0.1) is 0 Å². The predicted molar refractivity (Wildman–Crippen MR) is 227 cm³/mol. The summed E-state index contributed by atoms with van der Waals surface area (Å²) in [7, 11) is 4.15. The molecule has 57 heavy (non-hydrogen) atoms. The van der Waals surface area contributed by atoms with E-state index < -0.39 is 28.9 Å². The third kappa shape index (κ3) is 7.47. The minimum absolute atomic E-state index is 0.0336. The summed E-state index contributed by atoms with van der Waals surface area (Å²) < 4.78 is 6.20. The van der Waals surface area contributed by atoms with E-state index in [1.807, 2.05) is 18.2 Å². The number of nitrogens with zero attached hydrogens (tertiary/aromatic N) is 2. The molecule has 5 aliphatic rings. The van der Waals surface area contributed by atoms with Crippen molar-refractivity contribution in [3.8, 4) is 0 Å². The first-order chi connectivity index (χ1) is 26.4. The van der Waals surface area contributed by atoms with Crippen molar-refractivity contribution < 1.29 is 29.3 Å². The zero-order valence-electron chi connectivity index (χ0n) is 37.0. The number of aliphatic carboxylic acids is 1. The number of ether oxygens (including phenoxy) is 1. The summed E-state index contributed by atoms with van der Waals surface area (Å²) >= 11 is 6.67. The zero-order chi connectivity index (χ0) is 42.1. The standard InChI is InChI=1S/C48H73ClN2O6/c1-30(2)40-34(52)26-48(37(53)29-51(25-24-50(10)11)28-31-14-12-13-15-33(31)49)23-22-46(8)32(41(40)48)16-17-36-45(7)20-19-38(57-39(54)27-43(3,4)42(55)56)44(5,6)35(45)18-21-47(36,46)9/h12-15,30,32,35-38,53H,16-29H2,1-11H3,(H,55,56)/t32-,35?,36-,37?,38+,45+,46-,47-,48?/m1/s1. The van der Waals surface area contributed by atoms with Crippen LogP contribution in [0.4, 0.5) is 0 Å². The van der Waals surface area contributed by atoms with E-state index in [1.165, 1.54) is 5.57 Å². The number of fused-ring (bicyclic) bond motifs is 7. The zero-order valence-corrected chi connectivity index (χ0v) is 37.7. The average molecular weight is 810 g/mol. The van der Waals surface area contributed by atoms with Gasteiger partial charge >= 0.3 is 11.9 Å². The van der Waals surface area contributed by atoms with Crippen molar-refractivity contribution in [3.05, 3.63) is 46.0 Å². The number of aliphatic hydroxyl groups is 1. The van der Waals surface area contributed by atoms with E-state index in [0.29, 0.717) is 31.3 Å². The quantitative estimate of drug-likeness (QED) is 0.190. The number of carbonyl (C=O) groups is 3. The Hall–Kier alpha value is -2.26. The maximum absolute atomic E-state index is 14.3. The van der Waals surface area contributed by atoms with Crippen LogP contribution in [-0.2, 0) is 25.7 Å². The van der Waals surface area contributed by atoms with Gasteiger partial charge in [-0.2, -0.15) is 0 Å². The first-order valence-electron chi connectivity index (χ1n) is 21.9. The summed E-state index contributed by atoms with van der Waals surface area (Å²) in [5.74, 6) is -0.0237. The van der Waals surface area contributed by atoms with Gasteiger partial charge in [-0.25, -0.2) is 0 Å². The summed E-state index contributed by atoms with van der Waals surface area (Å²) in [4.78, 5) is 43.8. The third-order valence-electron chi connectivity index (χ3n) is 17.1. The van der Waals surface area contributed by atoms with Crippen molar-refractivity contribution in [2.45, 2.75) is 145 Å². The van der Waals surface area contributed by atoms with Crippen molar-refractivity contribution in [2.24, 2.45) is 56.2 Å². The number of aliphatic hydroxyl groups excluding tert-OH is 1. The van der Waals surface area contributed by atoms with E-state index in [9.17, 15) is 24.6 Å². The Bertz CT molecular complexity index is 1750. The number of carboxylic acids is 1. The van der Waals surface area contributed by atoms with E-state index in [4.69, 9.17) is 16.3 Å². The van der Waals surface area contributed by atoms with Crippen molar-refractivity contribution >= 4 is 29.3 Å². The Morgan fingerprint density at radius 1 is 0.930 bits per heavy atom. The molecule has 9 heteroatoms. The molecular weight excluding hydrogens is 736 g/mol. The highest BCUT2D eigenvalue weighted by Crippen LogP contribution is 2.77. The van der Waals surface area contributed by atoms with Gasteiger partial charge in [0.2, 0.25) is 0 Å². The Morgan fingerprint density at radius 3 is 2.25 bits per heavy atom. The molecular formula is C48H73ClN2O6. The lowest BCUT2D eigenvalue weighted by Crippen LogP contribution is -2.66. The summed E-state index contributed by atoms with van der Waals surface area (Å²) in [6, 6.07) is 7.98. The first kappa shape index (κ1) is 44.3. The van der Waals surface area contributed by atoms with Crippen LogP contribution in [0.15, 0.2) is 35.4 Å². The van der Waals surface area contributed by atoms with Gasteiger partial charge in [0, 0.05) is 48.5 Å². The maximum atomic E-state index is 14.3. The fourth-order valence-electron chi connectivity index (χ4n) is 13.8. The van der Waals surface area contributed by atoms with Crippen molar-refractivity contribution in [1.82, 2.24) is 9.80 Å². The summed E-state index contributed by atoms with van der Waals surface area (Å²) in [6.45, 7) is 22.5. The predicted octanol–water partition coefficient (Wildman–Crippen LogP) is 9.46. The second kappa shape index (κ2) is 15.6. The van der Waals surface area contributed by atoms with Crippen molar-refractivity contribution in [3.63, 3.8) is 0 Å². The molecule has 4 fully saturated rings. The van der Waals surface area contributed by atoms with Crippen LogP contribution in [0.3, 0.4) is 0 Å². The Labute approximate surface area is 348 Å². The van der Waals surface area contributed by atoms with E-state index in [-0.39, 0.29) is 51.8 Å². The van der Waals surface area contributed by atoms with Crippen LogP contribution < -0.4 is 0 Å². The molecule has 1 aromatic carbocycles. The van der Waals surface area contributed by atoms with E-state index in [0.717, 1.165) is 80.6 Å². The van der Waals surface area contributed by atoms with Gasteiger partial charge in [-0.05, 0) is 136 Å². The number of carboxylic acid groups (broad SMARTS) is 1. The second-order valence-electron chi connectivity index (χ2n) is 21.7. The molecule has 0 saturated heterocycles. The molecule has 0 bridgehead atoms. The maximum Gasteiger partial charge on any atom is 0.309 e. The Balaban J connectivity index is 1.29. The number of likely N-dealkylation sites (N-methyl/N-ethyl adjacent to an activating group) is 1. The van der Waals surface area contributed by atoms with Crippen molar-refractivity contribution in [1.29, 1.82) is 0 Å². The van der Waals surface area contributed by atoms with E-state index >= 15 is 0 Å². The topological polar surface area (TPSA) is 107 Å². The lowest BCUT2D eigenvalue weighted by Gasteiger charge is -2.72.